The van der Waals surface area contributed by atoms with E-state index in [9.17, 15) is 0 Å². The van der Waals surface area contributed by atoms with Gasteiger partial charge in [0.15, 0.2) is 0 Å². The van der Waals surface area contributed by atoms with E-state index in [0.717, 1.165) is 30.4 Å². The van der Waals surface area contributed by atoms with Gasteiger partial charge in [0, 0.05) is 19.3 Å². The minimum atomic E-state index is 0.0746. The summed E-state index contributed by atoms with van der Waals surface area (Å²) in [5.74, 6) is 1.92. The largest absolute Gasteiger partial charge is 0.392 e. The maximum absolute atomic E-state index is 9.09. The van der Waals surface area contributed by atoms with E-state index in [4.69, 9.17) is 5.11 Å². The number of hydrogen-bond acceptors (Lipinski definition) is 3. The summed E-state index contributed by atoms with van der Waals surface area (Å²) in [5, 5.41) is 9.09. The maximum atomic E-state index is 9.09. The molecule has 0 amide bonds. The first-order chi connectivity index (χ1) is 8.20. The number of rotatable bonds is 2. The molecular formula is C14H22N2O. The number of pyridine rings is 1. The number of aromatic nitrogens is 1. The molecule has 0 aliphatic carbocycles. The van der Waals surface area contributed by atoms with E-state index in [0.29, 0.717) is 0 Å². The van der Waals surface area contributed by atoms with Crippen LogP contribution in [0.3, 0.4) is 0 Å². The fourth-order valence-corrected chi connectivity index (χ4v) is 2.52. The molecule has 3 heteroatoms. The lowest BCUT2D eigenvalue weighted by molar-refractivity contribution is 0.281. The van der Waals surface area contributed by atoms with Gasteiger partial charge in [-0.25, -0.2) is 4.98 Å². The van der Waals surface area contributed by atoms with Crippen molar-refractivity contribution in [3.8, 4) is 0 Å². The zero-order valence-electron chi connectivity index (χ0n) is 10.8. The Morgan fingerprint density at radius 1 is 1.41 bits per heavy atom. The number of aryl methyl sites for hydroxylation is 1. The summed E-state index contributed by atoms with van der Waals surface area (Å²) in [6.07, 6.45) is 5.62. The van der Waals surface area contributed by atoms with E-state index in [2.05, 4.69) is 23.7 Å². The molecule has 2 rings (SSSR count). The van der Waals surface area contributed by atoms with Crippen LogP contribution < -0.4 is 4.90 Å². The second kappa shape index (κ2) is 5.50. The van der Waals surface area contributed by atoms with E-state index >= 15 is 0 Å². The molecule has 0 bridgehead atoms. The lowest BCUT2D eigenvalue weighted by atomic mass is 10.0. The van der Waals surface area contributed by atoms with Crippen molar-refractivity contribution in [3.63, 3.8) is 0 Å². The Hall–Kier alpha value is -1.09. The highest BCUT2D eigenvalue weighted by atomic mass is 16.3. The Kier molecular flexibility index (Phi) is 4.00. The molecular weight excluding hydrogens is 212 g/mol. The second-order valence-corrected chi connectivity index (χ2v) is 5.17. The summed E-state index contributed by atoms with van der Waals surface area (Å²) in [7, 11) is 0. The summed E-state index contributed by atoms with van der Waals surface area (Å²) < 4.78 is 0. The number of aliphatic hydroxyl groups is 1. The van der Waals surface area contributed by atoms with Crippen molar-refractivity contribution in [2.45, 2.75) is 39.7 Å². The topological polar surface area (TPSA) is 36.4 Å². The van der Waals surface area contributed by atoms with Crippen LogP contribution >= 0.6 is 0 Å². The Bertz CT molecular complexity index is 378. The average Bonchev–Trinajstić information content (AvgIpc) is 2.54. The third-order valence-corrected chi connectivity index (χ3v) is 3.61. The van der Waals surface area contributed by atoms with Gasteiger partial charge in [-0.05, 0) is 49.3 Å². The van der Waals surface area contributed by atoms with E-state index in [-0.39, 0.29) is 6.61 Å². The molecule has 0 radical (unpaired) electrons. The van der Waals surface area contributed by atoms with Crippen LogP contribution in [0.2, 0.25) is 0 Å². The standard InChI is InChI=1S/C14H22N2O/c1-11-4-3-6-16(7-5-11)14-12(2)8-13(10-17)9-15-14/h8-9,11,17H,3-7,10H2,1-2H3. The highest BCUT2D eigenvalue weighted by Crippen LogP contribution is 2.23. The van der Waals surface area contributed by atoms with Gasteiger partial charge in [0.25, 0.3) is 0 Å². The zero-order chi connectivity index (χ0) is 12.3. The van der Waals surface area contributed by atoms with Crippen LogP contribution in [0.4, 0.5) is 5.82 Å². The minimum Gasteiger partial charge on any atom is -0.392 e. The summed E-state index contributed by atoms with van der Waals surface area (Å²) >= 11 is 0. The third kappa shape index (κ3) is 2.97. The zero-order valence-corrected chi connectivity index (χ0v) is 10.8. The number of nitrogens with zero attached hydrogens (tertiary/aromatic N) is 2. The lowest BCUT2D eigenvalue weighted by Crippen LogP contribution is -2.26. The molecule has 1 aromatic heterocycles. The van der Waals surface area contributed by atoms with Crippen LogP contribution in [0.1, 0.15) is 37.3 Å². The molecule has 1 fully saturated rings. The maximum Gasteiger partial charge on any atom is 0.131 e. The van der Waals surface area contributed by atoms with E-state index < -0.39 is 0 Å². The van der Waals surface area contributed by atoms with E-state index in [1.165, 1.54) is 24.8 Å². The molecule has 1 N–H and O–H groups in total. The summed E-state index contributed by atoms with van der Waals surface area (Å²) in [6.45, 7) is 6.70. The molecule has 1 aliphatic rings. The normalized spacial score (nSPS) is 21.4. The second-order valence-electron chi connectivity index (χ2n) is 5.17. The number of aliphatic hydroxyl groups excluding tert-OH is 1. The molecule has 1 atom stereocenters. The molecule has 3 nitrogen and oxygen atoms in total. The first-order valence-electron chi connectivity index (χ1n) is 6.52. The molecule has 17 heavy (non-hydrogen) atoms. The van der Waals surface area contributed by atoms with Gasteiger partial charge in [-0.3, -0.25) is 0 Å². The van der Waals surface area contributed by atoms with Crippen LogP contribution in [0.5, 0.6) is 0 Å². The van der Waals surface area contributed by atoms with E-state index in [1.807, 2.05) is 6.07 Å². The molecule has 1 aliphatic heterocycles. The van der Waals surface area contributed by atoms with Gasteiger partial charge in [0.2, 0.25) is 0 Å². The first kappa shape index (κ1) is 12.4. The highest BCUT2D eigenvalue weighted by Gasteiger charge is 2.16. The fraction of sp³-hybridized carbons (Fsp3) is 0.643. The average molecular weight is 234 g/mol. The smallest absolute Gasteiger partial charge is 0.131 e. The quantitative estimate of drug-likeness (QED) is 0.854. The SMILES string of the molecule is Cc1cc(CO)cnc1N1CCCC(C)CC1. The monoisotopic (exact) mass is 234 g/mol. The van der Waals surface area contributed by atoms with E-state index in [1.54, 1.807) is 6.20 Å². The Morgan fingerprint density at radius 3 is 2.94 bits per heavy atom. The number of hydrogen-bond donors (Lipinski definition) is 1. The Morgan fingerprint density at radius 2 is 2.24 bits per heavy atom. The van der Waals surface area contributed by atoms with Gasteiger partial charge >= 0.3 is 0 Å². The van der Waals surface area contributed by atoms with Crippen LogP contribution in [0, 0.1) is 12.8 Å². The van der Waals surface area contributed by atoms with Crippen LogP contribution in [-0.2, 0) is 6.61 Å². The molecule has 0 spiro atoms. The first-order valence-corrected chi connectivity index (χ1v) is 6.52. The van der Waals surface area contributed by atoms with Gasteiger partial charge in [0.05, 0.1) is 6.61 Å². The van der Waals surface area contributed by atoms with Gasteiger partial charge in [-0.15, -0.1) is 0 Å². The molecule has 94 valence electrons. The summed E-state index contributed by atoms with van der Waals surface area (Å²) in [4.78, 5) is 6.89. The molecule has 1 aromatic rings. The van der Waals surface area contributed by atoms with Crippen molar-refractivity contribution in [1.82, 2.24) is 4.98 Å². The summed E-state index contributed by atoms with van der Waals surface area (Å²) in [5.41, 5.74) is 2.07. The van der Waals surface area contributed by atoms with Gasteiger partial charge in [-0.2, -0.15) is 0 Å². The molecule has 2 heterocycles. The molecule has 0 aromatic carbocycles. The minimum absolute atomic E-state index is 0.0746. The summed E-state index contributed by atoms with van der Waals surface area (Å²) in [6, 6.07) is 2.04. The predicted molar refractivity (Wildman–Crippen MR) is 70.1 cm³/mol. The van der Waals surface area contributed by atoms with Gasteiger partial charge in [0.1, 0.15) is 5.82 Å². The van der Waals surface area contributed by atoms with Crippen molar-refractivity contribution in [1.29, 1.82) is 0 Å². The van der Waals surface area contributed by atoms with Gasteiger partial charge < -0.3 is 10.0 Å². The Balaban J connectivity index is 2.15. The van der Waals surface area contributed by atoms with Crippen molar-refractivity contribution < 1.29 is 5.11 Å². The molecule has 1 saturated heterocycles. The van der Waals surface area contributed by atoms with Crippen molar-refractivity contribution >= 4 is 5.82 Å². The predicted octanol–water partition coefficient (Wildman–Crippen LogP) is 2.51. The highest BCUT2D eigenvalue weighted by molar-refractivity contribution is 5.47. The van der Waals surface area contributed by atoms with Crippen molar-refractivity contribution in [3.05, 3.63) is 23.4 Å². The van der Waals surface area contributed by atoms with Crippen molar-refractivity contribution in [2.24, 2.45) is 5.92 Å². The third-order valence-electron chi connectivity index (χ3n) is 3.61. The van der Waals surface area contributed by atoms with Crippen LogP contribution in [0.25, 0.3) is 0 Å². The van der Waals surface area contributed by atoms with Crippen LogP contribution in [0.15, 0.2) is 12.3 Å². The van der Waals surface area contributed by atoms with Crippen molar-refractivity contribution in [2.75, 3.05) is 18.0 Å². The Labute approximate surface area is 103 Å². The number of anilines is 1. The van der Waals surface area contributed by atoms with Crippen LogP contribution in [-0.4, -0.2) is 23.2 Å². The molecule has 1 unspecified atom stereocenters. The van der Waals surface area contributed by atoms with Gasteiger partial charge in [-0.1, -0.05) is 6.92 Å². The fourth-order valence-electron chi connectivity index (χ4n) is 2.52. The lowest BCUT2D eigenvalue weighted by Gasteiger charge is -2.23. The molecule has 0 saturated carbocycles.